The van der Waals surface area contributed by atoms with Gasteiger partial charge in [-0.15, -0.1) is 0 Å². The fraction of sp³-hybridized carbons (Fsp3) is 0. The van der Waals surface area contributed by atoms with Crippen LogP contribution in [0.15, 0.2) is 63.5 Å². The molecule has 0 aliphatic carbocycles. The third-order valence-corrected chi connectivity index (χ3v) is 3.17. The number of phenolic OH excluding ortho intramolecular Hbond substituents is 1. The van der Waals surface area contributed by atoms with Crippen LogP contribution in [0, 0.1) is 0 Å². The van der Waals surface area contributed by atoms with Crippen molar-refractivity contribution in [2.24, 2.45) is 0 Å². The van der Waals surface area contributed by atoms with E-state index in [1.54, 1.807) is 24.3 Å². The molecule has 0 aliphatic rings. The van der Waals surface area contributed by atoms with E-state index in [2.05, 4.69) is 10.1 Å². The highest BCUT2D eigenvalue weighted by atomic mass is 16.5. The van der Waals surface area contributed by atoms with Crippen molar-refractivity contribution in [3.8, 4) is 28.8 Å². The molecule has 1 N–H and O–H groups in total. The number of rotatable bonds is 2. The van der Waals surface area contributed by atoms with Gasteiger partial charge in [0.05, 0.1) is 0 Å². The van der Waals surface area contributed by atoms with Crippen LogP contribution in [0.1, 0.15) is 0 Å². The highest BCUT2D eigenvalue weighted by Crippen LogP contribution is 2.28. The molecule has 5 nitrogen and oxygen atoms in total. The minimum atomic E-state index is 0.155. The summed E-state index contributed by atoms with van der Waals surface area (Å²) in [7, 11) is 0. The maximum Gasteiger partial charge on any atom is 0.293 e. The fourth-order valence-electron chi connectivity index (χ4n) is 2.17. The summed E-state index contributed by atoms with van der Waals surface area (Å²) in [5, 5.41) is 14.4. The molecule has 2 aromatic heterocycles. The van der Waals surface area contributed by atoms with E-state index >= 15 is 0 Å². The Balaban J connectivity index is 1.77. The lowest BCUT2D eigenvalue weighted by molar-refractivity contribution is 0.420. The number of nitrogens with zero attached hydrogens (tertiary/aromatic N) is 2. The fourth-order valence-corrected chi connectivity index (χ4v) is 2.17. The topological polar surface area (TPSA) is 72.3 Å². The maximum absolute atomic E-state index is 9.49. The second kappa shape index (κ2) is 4.49. The summed E-state index contributed by atoms with van der Waals surface area (Å²) in [6.07, 6.45) is 0. The van der Waals surface area contributed by atoms with Crippen molar-refractivity contribution >= 4 is 11.0 Å². The molecule has 4 rings (SSSR count). The molecule has 0 radical (unpaired) electrons. The second-order valence-electron chi connectivity index (χ2n) is 4.62. The van der Waals surface area contributed by atoms with Crippen molar-refractivity contribution in [1.82, 2.24) is 10.1 Å². The standard InChI is InChI=1S/C16H10N2O3/c19-12-6-3-5-11(8-12)15-17-16(21-18-15)14-9-10-4-1-2-7-13(10)20-14/h1-9,19H. The number of aromatic nitrogens is 2. The molecule has 0 saturated carbocycles. The molecule has 4 aromatic rings. The number of para-hydroxylation sites is 1. The summed E-state index contributed by atoms with van der Waals surface area (Å²) in [6.45, 7) is 0. The smallest absolute Gasteiger partial charge is 0.293 e. The van der Waals surface area contributed by atoms with Gasteiger partial charge in [0.2, 0.25) is 5.82 Å². The van der Waals surface area contributed by atoms with Gasteiger partial charge in [-0.05, 0) is 24.3 Å². The number of phenols is 1. The zero-order valence-corrected chi connectivity index (χ0v) is 10.9. The largest absolute Gasteiger partial charge is 0.508 e. The van der Waals surface area contributed by atoms with Crippen LogP contribution >= 0.6 is 0 Å². The molecular formula is C16H10N2O3. The number of hydrogen-bond donors (Lipinski definition) is 1. The Labute approximate surface area is 119 Å². The van der Waals surface area contributed by atoms with Crippen molar-refractivity contribution in [2.75, 3.05) is 0 Å². The van der Waals surface area contributed by atoms with E-state index < -0.39 is 0 Å². The van der Waals surface area contributed by atoms with Crippen LogP contribution in [-0.4, -0.2) is 15.2 Å². The number of fused-ring (bicyclic) bond motifs is 1. The number of furan rings is 1. The SMILES string of the molecule is Oc1cccc(-c2noc(-c3cc4ccccc4o3)n2)c1. The summed E-state index contributed by atoms with van der Waals surface area (Å²) < 4.78 is 10.9. The van der Waals surface area contributed by atoms with Crippen molar-refractivity contribution in [1.29, 1.82) is 0 Å². The van der Waals surface area contributed by atoms with Gasteiger partial charge >= 0.3 is 0 Å². The van der Waals surface area contributed by atoms with Crippen LogP contribution < -0.4 is 0 Å². The molecule has 2 heterocycles. The lowest BCUT2D eigenvalue weighted by Gasteiger charge is -1.94. The van der Waals surface area contributed by atoms with Crippen molar-refractivity contribution < 1.29 is 14.0 Å². The molecular weight excluding hydrogens is 268 g/mol. The molecule has 5 heteroatoms. The first kappa shape index (κ1) is 11.7. The zero-order valence-electron chi connectivity index (χ0n) is 10.9. The summed E-state index contributed by atoms with van der Waals surface area (Å²) in [5.41, 5.74) is 1.45. The maximum atomic E-state index is 9.49. The van der Waals surface area contributed by atoms with Crippen LogP contribution in [0.3, 0.4) is 0 Å². The molecule has 0 bridgehead atoms. The highest BCUT2D eigenvalue weighted by Gasteiger charge is 2.14. The van der Waals surface area contributed by atoms with E-state index in [0.717, 1.165) is 11.0 Å². The number of aromatic hydroxyl groups is 1. The van der Waals surface area contributed by atoms with E-state index in [1.807, 2.05) is 30.3 Å². The Morgan fingerprint density at radius 1 is 0.952 bits per heavy atom. The van der Waals surface area contributed by atoms with Gasteiger partial charge in [0.1, 0.15) is 11.3 Å². The van der Waals surface area contributed by atoms with Crippen LogP contribution in [0.2, 0.25) is 0 Å². The Morgan fingerprint density at radius 3 is 2.71 bits per heavy atom. The Kier molecular flexibility index (Phi) is 2.50. The first-order chi connectivity index (χ1) is 10.3. The first-order valence-corrected chi connectivity index (χ1v) is 6.42. The van der Waals surface area contributed by atoms with Gasteiger partial charge in [-0.25, -0.2) is 0 Å². The molecule has 2 aromatic carbocycles. The van der Waals surface area contributed by atoms with Crippen LogP contribution in [0.5, 0.6) is 5.75 Å². The third kappa shape index (κ3) is 2.04. The highest BCUT2D eigenvalue weighted by molar-refractivity contribution is 5.81. The van der Waals surface area contributed by atoms with E-state index in [9.17, 15) is 5.11 Å². The molecule has 0 atom stereocenters. The predicted octanol–water partition coefficient (Wildman–Crippen LogP) is 3.86. The van der Waals surface area contributed by atoms with E-state index in [-0.39, 0.29) is 5.75 Å². The minimum Gasteiger partial charge on any atom is -0.508 e. The van der Waals surface area contributed by atoms with Gasteiger partial charge in [-0.2, -0.15) is 4.98 Å². The first-order valence-electron chi connectivity index (χ1n) is 6.42. The lowest BCUT2D eigenvalue weighted by atomic mass is 10.2. The second-order valence-corrected chi connectivity index (χ2v) is 4.62. The van der Waals surface area contributed by atoms with Crippen LogP contribution in [-0.2, 0) is 0 Å². The lowest BCUT2D eigenvalue weighted by Crippen LogP contribution is -1.80. The van der Waals surface area contributed by atoms with E-state index in [1.165, 1.54) is 0 Å². The minimum absolute atomic E-state index is 0.155. The molecule has 0 saturated heterocycles. The summed E-state index contributed by atoms with van der Waals surface area (Å²) in [4.78, 5) is 4.30. The van der Waals surface area contributed by atoms with Gasteiger partial charge in [0.15, 0.2) is 5.76 Å². The molecule has 102 valence electrons. The summed E-state index contributed by atoms with van der Waals surface area (Å²) in [6, 6.07) is 16.2. The van der Waals surface area contributed by atoms with Gasteiger partial charge in [-0.1, -0.05) is 35.5 Å². The number of hydrogen-bond acceptors (Lipinski definition) is 5. The zero-order chi connectivity index (χ0) is 14.2. The quantitative estimate of drug-likeness (QED) is 0.602. The molecule has 0 spiro atoms. The molecule has 21 heavy (non-hydrogen) atoms. The summed E-state index contributed by atoms with van der Waals surface area (Å²) >= 11 is 0. The Bertz CT molecular complexity index is 891. The van der Waals surface area contributed by atoms with Crippen molar-refractivity contribution in [3.05, 3.63) is 54.6 Å². The average Bonchev–Trinajstić information content (AvgIpc) is 3.14. The molecule has 0 unspecified atom stereocenters. The predicted molar refractivity (Wildman–Crippen MR) is 76.6 cm³/mol. The van der Waals surface area contributed by atoms with E-state index in [4.69, 9.17) is 8.94 Å². The van der Waals surface area contributed by atoms with Gasteiger partial charge < -0.3 is 14.0 Å². The van der Waals surface area contributed by atoms with Crippen LogP contribution in [0.4, 0.5) is 0 Å². The Hall–Kier alpha value is -3.08. The monoisotopic (exact) mass is 278 g/mol. The Morgan fingerprint density at radius 2 is 1.86 bits per heavy atom. The van der Waals surface area contributed by atoms with Gasteiger partial charge in [-0.3, -0.25) is 0 Å². The molecule has 0 amide bonds. The number of benzene rings is 2. The summed E-state index contributed by atoms with van der Waals surface area (Å²) in [5.74, 6) is 1.39. The molecule has 0 aliphatic heterocycles. The van der Waals surface area contributed by atoms with E-state index in [0.29, 0.717) is 23.0 Å². The van der Waals surface area contributed by atoms with Crippen molar-refractivity contribution in [2.45, 2.75) is 0 Å². The van der Waals surface area contributed by atoms with Gasteiger partial charge in [0.25, 0.3) is 5.89 Å². The third-order valence-electron chi connectivity index (χ3n) is 3.17. The van der Waals surface area contributed by atoms with Crippen molar-refractivity contribution in [3.63, 3.8) is 0 Å². The van der Waals surface area contributed by atoms with Gasteiger partial charge in [0, 0.05) is 10.9 Å². The van der Waals surface area contributed by atoms with Crippen LogP contribution in [0.25, 0.3) is 34.0 Å². The molecule has 0 fully saturated rings. The normalized spacial score (nSPS) is 11.0. The average molecular weight is 278 g/mol.